The van der Waals surface area contributed by atoms with Crippen LogP contribution in [0.15, 0.2) is 23.6 Å². The smallest absolute Gasteiger partial charge is 0.246 e. The van der Waals surface area contributed by atoms with E-state index in [9.17, 15) is 4.79 Å². The summed E-state index contributed by atoms with van der Waals surface area (Å²) >= 11 is 1.65. The van der Waals surface area contributed by atoms with E-state index >= 15 is 0 Å². The quantitative estimate of drug-likeness (QED) is 0.861. The first-order chi connectivity index (χ1) is 9.20. The Morgan fingerprint density at radius 1 is 1.47 bits per heavy atom. The van der Waals surface area contributed by atoms with Gasteiger partial charge in [0.05, 0.1) is 0 Å². The summed E-state index contributed by atoms with van der Waals surface area (Å²) in [7, 11) is 0. The fourth-order valence-electron chi connectivity index (χ4n) is 2.64. The van der Waals surface area contributed by atoms with Gasteiger partial charge in [-0.15, -0.1) is 11.3 Å². The molecule has 1 amide bonds. The van der Waals surface area contributed by atoms with Gasteiger partial charge in [-0.2, -0.15) is 0 Å². The molecule has 1 aromatic heterocycles. The Labute approximate surface area is 119 Å². The number of hydrogen-bond donors (Lipinski definition) is 1. The lowest BCUT2D eigenvalue weighted by atomic mass is 9.90. The summed E-state index contributed by atoms with van der Waals surface area (Å²) in [5.41, 5.74) is 5.92. The fraction of sp³-hybridized carbons (Fsp3) is 0.533. The number of carbonyl (C=O) groups is 1. The molecule has 1 fully saturated rings. The third-order valence-corrected chi connectivity index (χ3v) is 4.58. The van der Waals surface area contributed by atoms with Crippen LogP contribution in [0.1, 0.15) is 37.5 Å². The Kier molecular flexibility index (Phi) is 5.16. The van der Waals surface area contributed by atoms with Crippen molar-refractivity contribution in [2.24, 2.45) is 5.73 Å². The highest BCUT2D eigenvalue weighted by atomic mass is 32.1. The van der Waals surface area contributed by atoms with Gasteiger partial charge in [-0.25, -0.2) is 0 Å². The van der Waals surface area contributed by atoms with Crippen molar-refractivity contribution in [1.82, 2.24) is 4.90 Å². The number of thiophene rings is 1. The first-order valence-electron chi connectivity index (χ1n) is 6.98. The van der Waals surface area contributed by atoms with Gasteiger partial charge in [0, 0.05) is 29.6 Å². The van der Waals surface area contributed by atoms with Crippen LogP contribution >= 0.6 is 11.3 Å². The van der Waals surface area contributed by atoms with Gasteiger partial charge >= 0.3 is 0 Å². The third kappa shape index (κ3) is 3.91. The molecular weight excluding hydrogens is 256 g/mol. The molecule has 0 spiro atoms. The molecule has 3 nitrogen and oxygen atoms in total. The van der Waals surface area contributed by atoms with Crippen LogP contribution in [0.2, 0.25) is 0 Å². The second-order valence-corrected chi connectivity index (χ2v) is 6.02. The summed E-state index contributed by atoms with van der Waals surface area (Å²) in [5, 5.41) is 2.02. The maximum Gasteiger partial charge on any atom is 0.246 e. The van der Waals surface area contributed by atoms with Gasteiger partial charge in [0.15, 0.2) is 0 Å². The molecule has 0 saturated heterocycles. The van der Waals surface area contributed by atoms with Crippen LogP contribution in [0.25, 0.3) is 6.08 Å². The van der Waals surface area contributed by atoms with E-state index in [1.165, 1.54) is 0 Å². The van der Waals surface area contributed by atoms with Crippen molar-refractivity contribution in [3.8, 4) is 0 Å². The molecule has 1 aliphatic carbocycles. The van der Waals surface area contributed by atoms with Crippen LogP contribution in [0.4, 0.5) is 0 Å². The van der Waals surface area contributed by atoms with E-state index in [1.54, 1.807) is 17.4 Å². The lowest BCUT2D eigenvalue weighted by Crippen LogP contribution is -2.43. The number of carbonyl (C=O) groups excluding carboxylic acids is 1. The lowest BCUT2D eigenvalue weighted by molar-refractivity contribution is -0.128. The van der Waals surface area contributed by atoms with Gasteiger partial charge in [0.25, 0.3) is 0 Å². The summed E-state index contributed by atoms with van der Waals surface area (Å²) in [6, 6.07) is 4.70. The molecule has 2 rings (SSSR count). The fourth-order valence-corrected chi connectivity index (χ4v) is 3.26. The maximum absolute atomic E-state index is 12.3. The van der Waals surface area contributed by atoms with E-state index < -0.39 is 0 Å². The van der Waals surface area contributed by atoms with Crippen LogP contribution < -0.4 is 5.73 Å². The van der Waals surface area contributed by atoms with Crippen molar-refractivity contribution in [2.75, 3.05) is 6.54 Å². The van der Waals surface area contributed by atoms with E-state index in [-0.39, 0.29) is 5.91 Å². The van der Waals surface area contributed by atoms with Crippen LogP contribution in [0.5, 0.6) is 0 Å². The molecule has 104 valence electrons. The van der Waals surface area contributed by atoms with Gasteiger partial charge in [-0.3, -0.25) is 4.79 Å². The van der Waals surface area contributed by atoms with Gasteiger partial charge in [-0.1, -0.05) is 6.07 Å². The van der Waals surface area contributed by atoms with E-state index in [0.29, 0.717) is 12.1 Å². The van der Waals surface area contributed by atoms with Crippen molar-refractivity contribution in [2.45, 2.75) is 44.7 Å². The number of nitrogens with two attached hydrogens (primary N) is 1. The normalized spacial score (nSPS) is 23.7. The minimum absolute atomic E-state index is 0.122. The maximum atomic E-state index is 12.3. The van der Waals surface area contributed by atoms with Gasteiger partial charge in [0.1, 0.15) is 0 Å². The highest BCUT2D eigenvalue weighted by molar-refractivity contribution is 7.10. The topological polar surface area (TPSA) is 46.3 Å². The number of amides is 1. The molecule has 19 heavy (non-hydrogen) atoms. The molecule has 0 radical (unpaired) electrons. The van der Waals surface area contributed by atoms with Crippen LogP contribution in [-0.4, -0.2) is 29.4 Å². The standard InChI is InChI=1S/C15H22N2OS/c1-2-17(13-7-5-12(16)6-8-13)15(18)10-9-14-4-3-11-19-14/h3-4,9-13H,2,5-8,16H2,1H3. The molecule has 4 heteroatoms. The Bertz CT molecular complexity index is 419. The number of hydrogen-bond acceptors (Lipinski definition) is 3. The summed E-state index contributed by atoms with van der Waals surface area (Å²) in [5.74, 6) is 0.122. The second kappa shape index (κ2) is 6.87. The van der Waals surface area contributed by atoms with Crippen LogP contribution in [-0.2, 0) is 4.79 Å². The third-order valence-electron chi connectivity index (χ3n) is 3.74. The Morgan fingerprint density at radius 3 is 2.79 bits per heavy atom. The van der Waals surface area contributed by atoms with Gasteiger partial charge < -0.3 is 10.6 Å². The van der Waals surface area contributed by atoms with E-state index in [2.05, 4.69) is 0 Å². The average molecular weight is 278 g/mol. The minimum Gasteiger partial charge on any atom is -0.336 e. The largest absolute Gasteiger partial charge is 0.336 e. The van der Waals surface area contributed by atoms with E-state index in [1.807, 2.05) is 35.4 Å². The zero-order valence-electron chi connectivity index (χ0n) is 11.4. The van der Waals surface area contributed by atoms with Crippen LogP contribution in [0.3, 0.4) is 0 Å². The zero-order valence-corrected chi connectivity index (χ0v) is 12.2. The number of rotatable bonds is 4. The summed E-state index contributed by atoms with van der Waals surface area (Å²) < 4.78 is 0. The molecular formula is C15H22N2OS. The monoisotopic (exact) mass is 278 g/mol. The highest BCUT2D eigenvalue weighted by Gasteiger charge is 2.25. The average Bonchev–Trinajstić information content (AvgIpc) is 2.92. The zero-order chi connectivity index (χ0) is 13.7. The molecule has 1 aromatic rings. The minimum atomic E-state index is 0.122. The van der Waals surface area contributed by atoms with Gasteiger partial charge in [-0.05, 0) is 50.1 Å². The number of nitrogens with zero attached hydrogens (tertiary/aromatic N) is 1. The van der Waals surface area contributed by atoms with E-state index in [4.69, 9.17) is 5.73 Å². The highest BCUT2D eigenvalue weighted by Crippen LogP contribution is 2.22. The molecule has 1 saturated carbocycles. The molecule has 0 unspecified atom stereocenters. The number of likely N-dealkylation sites (N-methyl/N-ethyl adjacent to an activating group) is 1. The molecule has 1 heterocycles. The van der Waals surface area contributed by atoms with E-state index in [0.717, 1.165) is 37.1 Å². The van der Waals surface area contributed by atoms with Crippen LogP contribution in [0, 0.1) is 0 Å². The van der Waals surface area contributed by atoms with Crippen molar-refractivity contribution in [3.63, 3.8) is 0 Å². The SMILES string of the molecule is CCN(C(=O)C=Cc1cccs1)C1CCC(N)CC1. The molecule has 0 aliphatic heterocycles. The molecule has 0 aromatic carbocycles. The van der Waals surface area contributed by atoms with Crippen molar-refractivity contribution < 1.29 is 4.79 Å². The van der Waals surface area contributed by atoms with Crippen molar-refractivity contribution >= 4 is 23.3 Å². The molecule has 0 bridgehead atoms. The predicted octanol–water partition coefficient (Wildman–Crippen LogP) is 2.88. The summed E-state index contributed by atoms with van der Waals surface area (Å²) in [4.78, 5) is 15.4. The second-order valence-electron chi connectivity index (χ2n) is 5.04. The first kappa shape index (κ1) is 14.3. The molecule has 0 atom stereocenters. The molecule has 1 aliphatic rings. The van der Waals surface area contributed by atoms with Crippen molar-refractivity contribution in [1.29, 1.82) is 0 Å². The summed E-state index contributed by atoms with van der Waals surface area (Å²) in [6.45, 7) is 2.82. The van der Waals surface area contributed by atoms with Gasteiger partial charge in [0.2, 0.25) is 5.91 Å². The Morgan fingerprint density at radius 2 is 2.21 bits per heavy atom. The molecule has 2 N–H and O–H groups in total. The Hall–Kier alpha value is -1.13. The summed E-state index contributed by atoms with van der Waals surface area (Å²) in [6.07, 6.45) is 7.74. The van der Waals surface area contributed by atoms with Crippen molar-refractivity contribution in [3.05, 3.63) is 28.5 Å². The predicted molar refractivity (Wildman–Crippen MR) is 81.0 cm³/mol. The first-order valence-corrected chi connectivity index (χ1v) is 7.86. The lowest BCUT2D eigenvalue weighted by Gasteiger charge is -2.34. The Balaban J connectivity index is 1.95.